The number of nitrogens with zero attached hydrogens (tertiary/aromatic N) is 1. The monoisotopic (exact) mass is 190 g/mol. The Hall–Kier alpha value is -1.38. The first-order valence-corrected chi connectivity index (χ1v) is 4.99. The Balaban J connectivity index is 2.08. The number of hydrogen-bond acceptors (Lipinski definition) is 3. The number of nitrogen functional groups attached to an aromatic ring is 1. The van der Waals surface area contributed by atoms with Crippen molar-refractivity contribution in [2.24, 2.45) is 0 Å². The first-order valence-electron chi connectivity index (χ1n) is 4.99. The van der Waals surface area contributed by atoms with Crippen molar-refractivity contribution in [3.8, 4) is 0 Å². The third-order valence-electron chi connectivity index (χ3n) is 2.77. The molecule has 2 rings (SSSR count). The van der Waals surface area contributed by atoms with Crippen LogP contribution in [0.25, 0.3) is 0 Å². The lowest BCUT2D eigenvalue weighted by Gasteiger charge is -2.20. The van der Waals surface area contributed by atoms with Crippen LogP contribution in [0, 0.1) is 0 Å². The summed E-state index contributed by atoms with van der Waals surface area (Å²) in [6.45, 7) is 0. The summed E-state index contributed by atoms with van der Waals surface area (Å²) in [4.78, 5) is 15.3. The third kappa shape index (κ3) is 1.92. The van der Waals surface area contributed by atoms with Crippen LogP contribution >= 0.6 is 0 Å². The van der Waals surface area contributed by atoms with E-state index in [1.54, 1.807) is 6.20 Å². The summed E-state index contributed by atoms with van der Waals surface area (Å²) in [6.07, 6.45) is 4.98. The molecule has 0 radical (unpaired) electrons. The van der Waals surface area contributed by atoms with E-state index < -0.39 is 0 Å². The van der Waals surface area contributed by atoms with E-state index in [1.165, 1.54) is 0 Å². The normalized spacial score (nSPS) is 18.4. The highest BCUT2D eigenvalue weighted by Gasteiger charge is 2.20. The standard InChI is InChI=1S/C11H14N2O/c12-9-3-6-11(13-7-9)8-1-4-10(14)5-2-8/h3,6-8H,1-2,4-5,12H2. The van der Waals surface area contributed by atoms with E-state index in [1.807, 2.05) is 12.1 Å². The number of anilines is 1. The second-order valence-corrected chi connectivity index (χ2v) is 3.83. The highest BCUT2D eigenvalue weighted by molar-refractivity contribution is 5.79. The summed E-state index contributed by atoms with van der Waals surface area (Å²) in [5.41, 5.74) is 7.33. The minimum atomic E-state index is 0.386. The number of carbonyl (C=O) groups excluding carboxylic acids is 1. The first-order chi connectivity index (χ1) is 6.75. The lowest BCUT2D eigenvalue weighted by atomic mass is 9.86. The van der Waals surface area contributed by atoms with Gasteiger partial charge in [0.25, 0.3) is 0 Å². The predicted molar refractivity (Wildman–Crippen MR) is 54.9 cm³/mol. The number of aromatic nitrogens is 1. The molecule has 0 saturated heterocycles. The molecule has 0 amide bonds. The van der Waals surface area contributed by atoms with Gasteiger partial charge in [-0.15, -0.1) is 0 Å². The number of pyridine rings is 1. The van der Waals surface area contributed by atoms with Gasteiger partial charge in [-0.3, -0.25) is 9.78 Å². The summed E-state index contributed by atoms with van der Waals surface area (Å²) in [5.74, 6) is 0.838. The fraction of sp³-hybridized carbons (Fsp3) is 0.455. The van der Waals surface area contributed by atoms with Gasteiger partial charge in [0.15, 0.2) is 0 Å². The predicted octanol–water partition coefficient (Wildman–Crippen LogP) is 1.89. The molecule has 0 aliphatic heterocycles. The van der Waals surface area contributed by atoms with Crippen LogP contribution in [0.3, 0.4) is 0 Å². The molecule has 0 atom stereocenters. The van der Waals surface area contributed by atoms with Crippen LogP contribution in [0.15, 0.2) is 18.3 Å². The highest BCUT2D eigenvalue weighted by Crippen LogP contribution is 2.29. The zero-order valence-electron chi connectivity index (χ0n) is 8.07. The lowest BCUT2D eigenvalue weighted by molar-refractivity contribution is -0.120. The maximum atomic E-state index is 11.1. The van der Waals surface area contributed by atoms with E-state index in [-0.39, 0.29) is 0 Å². The van der Waals surface area contributed by atoms with Crippen molar-refractivity contribution in [3.63, 3.8) is 0 Å². The number of hydrogen-bond donors (Lipinski definition) is 1. The van der Waals surface area contributed by atoms with Gasteiger partial charge in [-0.1, -0.05) is 0 Å². The Labute approximate surface area is 83.3 Å². The van der Waals surface area contributed by atoms with Gasteiger partial charge >= 0.3 is 0 Å². The molecule has 3 nitrogen and oxygen atoms in total. The fourth-order valence-electron chi connectivity index (χ4n) is 1.89. The minimum Gasteiger partial charge on any atom is -0.397 e. The van der Waals surface area contributed by atoms with E-state index in [2.05, 4.69) is 4.98 Å². The van der Waals surface area contributed by atoms with Crippen molar-refractivity contribution in [2.45, 2.75) is 31.6 Å². The average molecular weight is 190 g/mol. The molecule has 3 heteroatoms. The molecule has 1 aromatic heterocycles. The first kappa shape index (κ1) is 9.19. The second kappa shape index (κ2) is 3.78. The van der Waals surface area contributed by atoms with Gasteiger partial charge in [0.05, 0.1) is 11.9 Å². The summed E-state index contributed by atoms with van der Waals surface area (Å²) >= 11 is 0. The van der Waals surface area contributed by atoms with Crippen LogP contribution in [0.2, 0.25) is 0 Å². The van der Waals surface area contributed by atoms with Crippen LogP contribution in [0.5, 0.6) is 0 Å². The number of carbonyl (C=O) groups is 1. The third-order valence-corrected chi connectivity index (χ3v) is 2.77. The Morgan fingerprint density at radius 2 is 2.00 bits per heavy atom. The SMILES string of the molecule is Nc1ccc(C2CCC(=O)CC2)nc1. The molecular formula is C11H14N2O. The smallest absolute Gasteiger partial charge is 0.132 e. The van der Waals surface area contributed by atoms with E-state index in [9.17, 15) is 4.79 Å². The molecule has 14 heavy (non-hydrogen) atoms. The van der Waals surface area contributed by atoms with Gasteiger partial charge in [-0.2, -0.15) is 0 Å². The molecule has 1 aliphatic rings. The minimum absolute atomic E-state index is 0.386. The van der Waals surface area contributed by atoms with E-state index in [4.69, 9.17) is 5.73 Å². The molecule has 0 spiro atoms. The molecule has 0 aromatic carbocycles. The van der Waals surface area contributed by atoms with Crippen LogP contribution in [0.4, 0.5) is 5.69 Å². The Bertz CT molecular complexity index is 322. The summed E-state index contributed by atoms with van der Waals surface area (Å²) < 4.78 is 0. The number of ketones is 1. The topological polar surface area (TPSA) is 56.0 Å². The van der Waals surface area contributed by atoms with Gasteiger partial charge in [0.2, 0.25) is 0 Å². The van der Waals surface area contributed by atoms with Crippen LogP contribution in [-0.4, -0.2) is 10.8 Å². The Morgan fingerprint density at radius 3 is 2.57 bits per heavy atom. The molecule has 1 fully saturated rings. The molecule has 1 aliphatic carbocycles. The second-order valence-electron chi connectivity index (χ2n) is 3.83. The summed E-state index contributed by atoms with van der Waals surface area (Å²) in [7, 11) is 0. The van der Waals surface area contributed by atoms with Gasteiger partial charge in [-0.05, 0) is 25.0 Å². The van der Waals surface area contributed by atoms with E-state index >= 15 is 0 Å². The molecule has 1 saturated carbocycles. The van der Waals surface area contributed by atoms with Crippen LogP contribution < -0.4 is 5.73 Å². The number of rotatable bonds is 1. The molecule has 1 aromatic rings. The van der Waals surface area contributed by atoms with Crippen LogP contribution in [-0.2, 0) is 4.79 Å². The van der Waals surface area contributed by atoms with Gasteiger partial charge in [0.1, 0.15) is 5.78 Å². The molecule has 2 N–H and O–H groups in total. The van der Waals surface area contributed by atoms with Crippen molar-refractivity contribution >= 4 is 11.5 Å². The van der Waals surface area contributed by atoms with Crippen molar-refractivity contribution < 1.29 is 4.79 Å². The van der Waals surface area contributed by atoms with Gasteiger partial charge in [0, 0.05) is 24.5 Å². The Kier molecular flexibility index (Phi) is 2.48. The largest absolute Gasteiger partial charge is 0.397 e. The quantitative estimate of drug-likeness (QED) is 0.735. The molecule has 0 bridgehead atoms. The highest BCUT2D eigenvalue weighted by atomic mass is 16.1. The lowest BCUT2D eigenvalue weighted by Crippen LogP contribution is -2.13. The summed E-state index contributed by atoms with van der Waals surface area (Å²) in [6, 6.07) is 3.84. The van der Waals surface area contributed by atoms with Crippen molar-refractivity contribution in [1.82, 2.24) is 4.98 Å². The summed E-state index contributed by atoms with van der Waals surface area (Å²) in [5, 5.41) is 0. The molecule has 0 unspecified atom stereocenters. The van der Waals surface area contributed by atoms with Gasteiger partial charge in [-0.25, -0.2) is 0 Å². The number of Topliss-reactive ketones (excluding diaryl/α,β-unsaturated/α-hetero) is 1. The van der Waals surface area contributed by atoms with Crippen molar-refractivity contribution in [3.05, 3.63) is 24.0 Å². The number of nitrogens with two attached hydrogens (primary N) is 1. The maximum absolute atomic E-state index is 11.1. The molecule has 1 heterocycles. The van der Waals surface area contributed by atoms with Crippen molar-refractivity contribution in [1.29, 1.82) is 0 Å². The zero-order chi connectivity index (χ0) is 9.97. The molecular weight excluding hydrogens is 176 g/mol. The molecule has 74 valence electrons. The average Bonchev–Trinajstić information content (AvgIpc) is 2.21. The maximum Gasteiger partial charge on any atom is 0.132 e. The van der Waals surface area contributed by atoms with Crippen molar-refractivity contribution in [2.75, 3.05) is 5.73 Å². The van der Waals surface area contributed by atoms with Gasteiger partial charge < -0.3 is 5.73 Å². The fourth-order valence-corrected chi connectivity index (χ4v) is 1.89. The van der Waals surface area contributed by atoms with Crippen LogP contribution in [0.1, 0.15) is 37.3 Å². The zero-order valence-corrected chi connectivity index (χ0v) is 8.07. The van der Waals surface area contributed by atoms with E-state index in [0.29, 0.717) is 30.2 Å². The van der Waals surface area contributed by atoms with E-state index in [0.717, 1.165) is 18.5 Å². The Morgan fingerprint density at radius 1 is 1.29 bits per heavy atom.